The number of nitrogens with zero attached hydrogens (tertiary/aromatic N) is 4. The molecule has 2 N–H and O–H groups in total. The zero-order valence-electron chi connectivity index (χ0n) is 20.2. The molecule has 184 valence electrons. The van der Waals surface area contributed by atoms with Gasteiger partial charge in [0.2, 0.25) is 11.8 Å². The van der Waals surface area contributed by atoms with Gasteiger partial charge in [0.15, 0.2) is 0 Å². The minimum atomic E-state index is -0.574. The number of carbonyl (C=O) groups excluding carboxylic acids is 3. The van der Waals surface area contributed by atoms with Gasteiger partial charge in [0, 0.05) is 50.6 Å². The highest BCUT2D eigenvalue weighted by Gasteiger charge is 2.40. The molecule has 0 radical (unpaired) electrons. The normalized spacial score (nSPS) is 23.4. The summed E-state index contributed by atoms with van der Waals surface area (Å²) >= 11 is 0. The van der Waals surface area contributed by atoms with E-state index in [0.717, 1.165) is 69.1 Å². The Balaban J connectivity index is 1.13. The van der Waals surface area contributed by atoms with Gasteiger partial charge < -0.3 is 14.8 Å². The molecule has 1 aromatic heterocycles. The fourth-order valence-electron chi connectivity index (χ4n) is 6.24. The Morgan fingerprint density at radius 2 is 1.91 bits per heavy atom. The first-order valence-corrected chi connectivity index (χ1v) is 12.7. The van der Waals surface area contributed by atoms with E-state index in [-0.39, 0.29) is 24.1 Å². The van der Waals surface area contributed by atoms with E-state index < -0.39 is 6.04 Å². The van der Waals surface area contributed by atoms with Crippen LogP contribution in [-0.2, 0) is 35.8 Å². The molecule has 0 aliphatic carbocycles. The van der Waals surface area contributed by atoms with E-state index in [0.29, 0.717) is 24.4 Å². The molecule has 3 amide bonds. The fourth-order valence-corrected chi connectivity index (χ4v) is 6.24. The molecule has 6 rings (SSSR count). The van der Waals surface area contributed by atoms with Crippen molar-refractivity contribution < 1.29 is 14.4 Å². The molecule has 1 aromatic carbocycles. The molecule has 0 bridgehead atoms. The summed E-state index contributed by atoms with van der Waals surface area (Å²) in [6.45, 7) is 8.25. The summed E-state index contributed by atoms with van der Waals surface area (Å²) in [6, 6.07) is 5.33. The first kappa shape index (κ1) is 22.4. The number of likely N-dealkylation sites (tertiary alicyclic amines) is 1. The first-order chi connectivity index (χ1) is 17.0. The number of benzene rings is 1. The molecule has 0 saturated carbocycles. The van der Waals surface area contributed by atoms with Crippen molar-refractivity contribution in [2.24, 2.45) is 0 Å². The molecule has 4 aliphatic heterocycles. The number of aryl methyl sites for hydroxylation is 1. The summed E-state index contributed by atoms with van der Waals surface area (Å²) in [4.78, 5) is 46.1. The van der Waals surface area contributed by atoms with Gasteiger partial charge in [-0.3, -0.25) is 24.6 Å². The highest BCUT2D eigenvalue weighted by Crippen LogP contribution is 2.34. The van der Waals surface area contributed by atoms with Crippen molar-refractivity contribution in [2.45, 2.75) is 70.7 Å². The third-order valence-electron chi connectivity index (χ3n) is 8.15. The van der Waals surface area contributed by atoms with Crippen LogP contribution >= 0.6 is 0 Å². The second-order valence-electron chi connectivity index (χ2n) is 10.2. The average molecular weight is 477 g/mol. The van der Waals surface area contributed by atoms with E-state index in [1.165, 1.54) is 11.4 Å². The standard InChI is InChI=1S/C26H32N6O3/c1-16-28-24(22-13-27-9-12-31(16)22)17-7-10-30(11-8-17)14-18-3-2-4-19-20(18)15-32(26(19)35)21-5-6-23(33)29-25(21)34/h2-4,17,21,27H,5-15H2,1H3,(H,29,33,34). The molecule has 2 saturated heterocycles. The van der Waals surface area contributed by atoms with Crippen LogP contribution in [0.15, 0.2) is 18.2 Å². The van der Waals surface area contributed by atoms with Crippen LogP contribution in [0, 0.1) is 6.92 Å². The Labute approximate surface area is 204 Å². The lowest BCUT2D eigenvalue weighted by Crippen LogP contribution is -2.52. The number of imidazole rings is 1. The Morgan fingerprint density at radius 1 is 1.09 bits per heavy atom. The summed E-state index contributed by atoms with van der Waals surface area (Å²) in [5.74, 6) is 0.889. The number of hydrogen-bond acceptors (Lipinski definition) is 6. The van der Waals surface area contributed by atoms with Gasteiger partial charge in [0.05, 0.1) is 11.4 Å². The van der Waals surface area contributed by atoms with Crippen LogP contribution in [-0.4, -0.2) is 62.7 Å². The molecule has 2 fully saturated rings. The fraction of sp³-hybridized carbons (Fsp3) is 0.538. The molecule has 35 heavy (non-hydrogen) atoms. The van der Waals surface area contributed by atoms with Crippen LogP contribution in [0.2, 0.25) is 0 Å². The maximum atomic E-state index is 13.1. The topological polar surface area (TPSA) is 99.6 Å². The first-order valence-electron chi connectivity index (χ1n) is 12.7. The Bertz CT molecular complexity index is 1200. The molecule has 4 aliphatic rings. The van der Waals surface area contributed by atoms with Gasteiger partial charge in [-0.1, -0.05) is 12.1 Å². The zero-order valence-corrected chi connectivity index (χ0v) is 20.2. The lowest BCUT2D eigenvalue weighted by molar-refractivity contribution is -0.136. The lowest BCUT2D eigenvalue weighted by Gasteiger charge is -2.32. The predicted molar refractivity (Wildman–Crippen MR) is 128 cm³/mol. The minimum Gasteiger partial charge on any atom is -0.330 e. The van der Waals surface area contributed by atoms with E-state index in [2.05, 4.69) is 33.1 Å². The summed E-state index contributed by atoms with van der Waals surface area (Å²) < 4.78 is 2.37. The monoisotopic (exact) mass is 476 g/mol. The summed E-state index contributed by atoms with van der Waals surface area (Å²) in [7, 11) is 0. The molecule has 0 spiro atoms. The summed E-state index contributed by atoms with van der Waals surface area (Å²) in [5.41, 5.74) is 5.51. The number of amides is 3. The van der Waals surface area contributed by atoms with Gasteiger partial charge in [0.1, 0.15) is 11.9 Å². The SMILES string of the molecule is Cc1nc(C2CCN(Cc3cccc4c3CN(C3CCC(=O)NC3=O)C4=O)CC2)c2n1CCNC2. The molecule has 9 nitrogen and oxygen atoms in total. The van der Waals surface area contributed by atoms with Gasteiger partial charge in [-0.25, -0.2) is 4.98 Å². The van der Waals surface area contributed by atoms with Gasteiger partial charge >= 0.3 is 0 Å². The van der Waals surface area contributed by atoms with Crippen molar-refractivity contribution in [1.29, 1.82) is 0 Å². The number of aromatic nitrogens is 2. The largest absolute Gasteiger partial charge is 0.330 e. The molecule has 1 unspecified atom stereocenters. The average Bonchev–Trinajstić information content (AvgIpc) is 3.38. The highest BCUT2D eigenvalue weighted by molar-refractivity contribution is 6.05. The predicted octanol–water partition coefficient (Wildman–Crippen LogP) is 1.44. The van der Waals surface area contributed by atoms with E-state index in [4.69, 9.17) is 4.98 Å². The number of fused-ring (bicyclic) bond motifs is 2. The van der Waals surface area contributed by atoms with E-state index in [1.54, 1.807) is 4.90 Å². The van der Waals surface area contributed by atoms with Crippen molar-refractivity contribution in [3.8, 4) is 0 Å². The lowest BCUT2D eigenvalue weighted by atomic mass is 9.91. The van der Waals surface area contributed by atoms with Crippen LogP contribution in [0.25, 0.3) is 0 Å². The maximum Gasteiger partial charge on any atom is 0.255 e. The highest BCUT2D eigenvalue weighted by atomic mass is 16.2. The van der Waals surface area contributed by atoms with Crippen LogP contribution < -0.4 is 10.6 Å². The van der Waals surface area contributed by atoms with Gasteiger partial charge in [-0.05, 0) is 56.5 Å². The molecule has 1 atom stereocenters. The van der Waals surface area contributed by atoms with E-state index >= 15 is 0 Å². The zero-order chi connectivity index (χ0) is 24.1. The Kier molecular flexibility index (Phi) is 5.69. The van der Waals surface area contributed by atoms with Crippen molar-refractivity contribution in [2.75, 3.05) is 19.6 Å². The van der Waals surface area contributed by atoms with E-state index in [1.807, 2.05) is 12.1 Å². The van der Waals surface area contributed by atoms with Crippen molar-refractivity contribution in [3.05, 3.63) is 52.1 Å². The van der Waals surface area contributed by atoms with Crippen LogP contribution in [0.5, 0.6) is 0 Å². The number of carbonyl (C=O) groups is 3. The third-order valence-corrected chi connectivity index (χ3v) is 8.15. The number of rotatable bonds is 4. The smallest absolute Gasteiger partial charge is 0.255 e. The van der Waals surface area contributed by atoms with Gasteiger partial charge in [-0.15, -0.1) is 0 Å². The number of imide groups is 1. The number of nitrogens with one attached hydrogen (secondary N) is 2. The number of piperidine rings is 2. The number of hydrogen-bond donors (Lipinski definition) is 2. The second-order valence-corrected chi connectivity index (χ2v) is 10.2. The summed E-state index contributed by atoms with van der Waals surface area (Å²) in [5, 5.41) is 5.87. The quantitative estimate of drug-likeness (QED) is 0.648. The van der Waals surface area contributed by atoms with Crippen molar-refractivity contribution in [3.63, 3.8) is 0 Å². The third kappa shape index (κ3) is 3.96. The van der Waals surface area contributed by atoms with Crippen molar-refractivity contribution in [1.82, 2.24) is 30.0 Å². The van der Waals surface area contributed by atoms with Crippen molar-refractivity contribution >= 4 is 17.7 Å². The minimum absolute atomic E-state index is 0.108. The second kappa shape index (κ2) is 8.87. The van der Waals surface area contributed by atoms with Crippen LogP contribution in [0.4, 0.5) is 0 Å². The molecular weight excluding hydrogens is 444 g/mol. The molecule has 2 aromatic rings. The Hall–Kier alpha value is -3.04. The summed E-state index contributed by atoms with van der Waals surface area (Å²) in [6.07, 6.45) is 2.83. The molecule has 5 heterocycles. The molecular formula is C26H32N6O3. The Morgan fingerprint density at radius 3 is 2.71 bits per heavy atom. The van der Waals surface area contributed by atoms with Crippen LogP contribution in [0.3, 0.4) is 0 Å². The van der Waals surface area contributed by atoms with Crippen LogP contribution in [0.1, 0.15) is 70.3 Å². The van der Waals surface area contributed by atoms with Gasteiger partial charge in [0.25, 0.3) is 5.91 Å². The van der Waals surface area contributed by atoms with E-state index in [9.17, 15) is 14.4 Å². The van der Waals surface area contributed by atoms with Gasteiger partial charge in [-0.2, -0.15) is 0 Å². The molecule has 9 heteroatoms. The maximum absolute atomic E-state index is 13.1.